The van der Waals surface area contributed by atoms with Crippen LogP contribution in [0.4, 0.5) is 0 Å². The van der Waals surface area contributed by atoms with Crippen molar-refractivity contribution in [1.29, 1.82) is 0 Å². The van der Waals surface area contributed by atoms with E-state index in [1.165, 1.54) is 22.4 Å². The van der Waals surface area contributed by atoms with Crippen LogP contribution in [0.5, 0.6) is 0 Å². The van der Waals surface area contributed by atoms with E-state index in [2.05, 4.69) is 40.2 Å². The number of hydrogen-bond donors (Lipinski definition) is 2. The molecule has 1 aromatic heterocycles. The van der Waals surface area contributed by atoms with E-state index < -0.39 is 0 Å². The Balaban J connectivity index is 1.45. The maximum absolute atomic E-state index is 12.4. The number of carbonyl (C=O) groups is 1. The third kappa shape index (κ3) is 4.36. The summed E-state index contributed by atoms with van der Waals surface area (Å²) in [4.78, 5) is 25.4. The van der Waals surface area contributed by atoms with Crippen molar-refractivity contribution in [3.05, 3.63) is 64.1 Å². The quantitative estimate of drug-likeness (QED) is 0.815. The van der Waals surface area contributed by atoms with Gasteiger partial charge in [0.1, 0.15) is 5.69 Å². The van der Waals surface area contributed by atoms with Crippen molar-refractivity contribution in [3.8, 4) is 0 Å². The molecule has 0 bridgehead atoms. The van der Waals surface area contributed by atoms with Crippen LogP contribution < -0.4 is 16.4 Å². The highest BCUT2D eigenvalue weighted by Crippen LogP contribution is 2.23. The van der Waals surface area contributed by atoms with Crippen LogP contribution >= 0.6 is 0 Å². The Kier molecular flexibility index (Phi) is 5.80. The van der Waals surface area contributed by atoms with E-state index in [9.17, 15) is 9.59 Å². The number of hydrazine groups is 1. The highest BCUT2D eigenvalue weighted by Gasteiger charge is 2.24. The number of amides is 1. The Hall–Kier alpha value is -2.51. The lowest BCUT2D eigenvalue weighted by molar-refractivity contribution is 0.0783. The summed E-state index contributed by atoms with van der Waals surface area (Å²) in [5.74, 6) is -0.166. The molecule has 2 heterocycles. The number of nitrogens with zero attached hydrogens (tertiary/aromatic N) is 3. The number of rotatable bonds is 6. The molecule has 0 aliphatic carbocycles. The average Bonchev–Trinajstić information content (AvgIpc) is 3.13. The second-order valence-corrected chi connectivity index (χ2v) is 6.73. The van der Waals surface area contributed by atoms with Crippen LogP contribution in [0.1, 0.15) is 41.4 Å². The van der Waals surface area contributed by atoms with Crippen molar-refractivity contribution in [2.75, 3.05) is 13.6 Å². The zero-order valence-electron chi connectivity index (χ0n) is 15.2. The Labute approximate surface area is 153 Å². The van der Waals surface area contributed by atoms with Gasteiger partial charge < -0.3 is 4.90 Å². The molecule has 1 fully saturated rings. The van der Waals surface area contributed by atoms with Gasteiger partial charge in [0.2, 0.25) is 0 Å². The molecule has 2 N–H and O–H groups in total. The summed E-state index contributed by atoms with van der Waals surface area (Å²) >= 11 is 0. The molecule has 3 rings (SSSR count). The molecular formula is C19H25N5O2. The van der Waals surface area contributed by atoms with E-state index in [4.69, 9.17) is 0 Å². The first-order valence-electron chi connectivity index (χ1n) is 8.90. The Bertz CT molecular complexity index is 805. The molecule has 0 saturated carbocycles. The molecular weight excluding hydrogens is 330 g/mol. The first-order valence-corrected chi connectivity index (χ1v) is 8.90. The monoisotopic (exact) mass is 355 g/mol. The van der Waals surface area contributed by atoms with E-state index in [1.807, 2.05) is 6.07 Å². The zero-order valence-corrected chi connectivity index (χ0v) is 15.2. The minimum atomic E-state index is -0.225. The van der Waals surface area contributed by atoms with Crippen LogP contribution in [-0.4, -0.2) is 40.2 Å². The number of hydrogen-bond acceptors (Lipinski definition) is 5. The van der Waals surface area contributed by atoms with Gasteiger partial charge in [-0.25, -0.2) is 4.68 Å². The SMILES string of the molecule is CN(CCCC1CC(c2ccccc2)NN1)C(=O)c1ccc(=O)n(C)n1. The molecule has 1 amide bonds. The van der Waals surface area contributed by atoms with Crippen LogP contribution in [0.3, 0.4) is 0 Å². The molecule has 2 atom stereocenters. The van der Waals surface area contributed by atoms with Gasteiger partial charge in [0, 0.05) is 38.8 Å². The van der Waals surface area contributed by atoms with E-state index in [0.29, 0.717) is 24.3 Å². The van der Waals surface area contributed by atoms with Crippen molar-refractivity contribution < 1.29 is 4.79 Å². The Morgan fingerprint density at radius 3 is 2.73 bits per heavy atom. The summed E-state index contributed by atoms with van der Waals surface area (Å²) in [7, 11) is 3.31. The predicted octanol–water partition coefficient (Wildman–Crippen LogP) is 1.24. The lowest BCUT2D eigenvalue weighted by Gasteiger charge is -2.18. The Morgan fingerprint density at radius 1 is 1.23 bits per heavy atom. The summed E-state index contributed by atoms with van der Waals surface area (Å²) in [5, 5.41) is 4.01. The van der Waals surface area contributed by atoms with Crippen molar-refractivity contribution >= 4 is 5.91 Å². The third-order valence-electron chi connectivity index (χ3n) is 4.76. The number of aromatic nitrogens is 2. The molecule has 1 saturated heterocycles. The molecule has 26 heavy (non-hydrogen) atoms. The number of aryl methyl sites for hydroxylation is 1. The summed E-state index contributed by atoms with van der Waals surface area (Å²) in [6.07, 6.45) is 2.91. The zero-order chi connectivity index (χ0) is 18.5. The van der Waals surface area contributed by atoms with Crippen LogP contribution in [0.15, 0.2) is 47.3 Å². The van der Waals surface area contributed by atoms with Crippen LogP contribution in [0.2, 0.25) is 0 Å². The molecule has 7 nitrogen and oxygen atoms in total. The van der Waals surface area contributed by atoms with Crippen LogP contribution in [-0.2, 0) is 7.05 Å². The molecule has 1 aliphatic heterocycles. The van der Waals surface area contributed by atoms with E-state index in [1.54, 1.807) is 19.0 Å². The maximum atomic E-state index is 12.4. The van der Waals surface area contributed by atoms with Crippen LogP contribution in [0.25, 0.3) is 0 Å². The topological polar surface area (TPSA) is 79.3 Å². The van der Waals surface area contributed by atoms with Gasteiger partial charge >= 0.3 is 0 Å². The lowest BCUT2D eigenvalue weighted by atomic mass is 10.00. The summed E-state index contributed by atoms with van der Waals surface area (Å²) in [6, 6.07) is 14.0. The van der Waals surface area contributed by atoms with Gasteiger partial charge in [-0.3, -0.25) is 20.4 Å². The predicted molar refractivity (Wildman–Crippen MR) is 99.5 cm³/mol. The van der Waals surface area contributed by atoms with Gasteiger partial charge in [0.05, 0.1) is 0 Å². The van der Waals surface area contributed by atoms with E-state index >= 15 is 0 Å². The first kappa shape index (κ1) is 18.3. The Morgan fingerprint density at radius 2 is 2.00 bits per heavy atom. The van der Waals surface area contributed by atoms with Gasteiger partial charge in [-0.05, 0) is 30.9 Å². The number of carbonyl (C=O) groups excluding carboxylic acids is 1. The highest BCUT2D eigenvalue weighted by atomic mass is 16.2. The maximum Gasteiger partial charge on any atom is 0.274 e. The highest BCUT2D eigenvalue weighted by molar-refractivity contribution is 5.91. The van der Waals surface area contributed by atoms with Crippen molar-refractivity contribution in [2.45, 2.75) is 31.3 Å². The fraction of sp³-hybridized carbons (Fsp3) is 0.421. The minimum absolute atomic E-state index is 0.166. The summed E-state index contributed by atoms with van der Waals surface area (Å²) in [6.45, 7) is 0.650. The summed E-state index contributed by atoms with van der Waals surface area (Å²) < 4.78 is 1.18. The molecule has 1 aliphatic rings. The van der Waals surface area contributed by atoms with Gasteiger partial charge in [-0.2, -0.15) is 5.10 Å². The molecule has 138 valence electrons. The fourth-order valence-electron chi connectivity index (χ4n) is 3.20. The van der Waals surface area contributed by atoms with Gasteiger partial charge in [0.25, 0.3) is 11.5 Å². The lowest BCUT2D eigenvalue weighted by Crippen LogP contribution is -2.33. The van der Waals surface area contributed by atoms with Crippen LogP contribution in [0, 0.1) is 0 Å². The van der Waals surface area contributed by atoms with Gasteiger partial charge in [0.15, 0.2) is 0 Å². The second kappa shape index (κ2) is 8.25. The largest absolute Gasteiger partial charge is 0.340 e. The molecule has 2 unspecified atom stereocenters. The van der Waals surface area contributed by atoms with Gasteiger partial charge in [-0.15, -0.1) is 0 Å². The minimum Gasteiger partial charge on any atom is -0.340 e. The van der Waals surface area contributed by atoms with Crippen molar-refractivity contribution in [3.63, 3.8) is 0 Å². The molecule has 2 aromatic rings. The van der Waals surface area contributed by atoms with Gasteiger partial charge in [-0.1, -0.05) is 30.3 Å². The molecule has 0 radical (unpaired) electrons. The molecule has 1 aromatic carbocycles. The normalized spacial score (nSPS) is 19.5. The van der Waals surface area contributed by atoms with Crippen molar-refractivity contribution in [1.82, 2.24) is 25.5 Å². The smallest absolute Gasteiger partial charge is 0.274 e. The average molecular weight is 355 g/mol. The third-order valence-corrected chi connectivity index (χ3v) is 4.76. The van der Waals surface area contributed by atoms with E-state index in [-0.39, 0.29) is 11.5 Å². The second-order valence-electron chi connectivity index (χ2n) is 6.73. The number of benzene rings is 1. The molecule has 7 heteroatoms. The molecule has 0 spiro atoms. The van der Waals surface area contributed by atoms with E-state index in [0.717, 1.165) is 19.3 Å². The summed E-state index contributed by atoms with van der Waals surface area (Å²) in [5.41, 5.74) is 8.05. The van der Waals surface area contributed by atoms with Crippen molar-refractivity contribution in [2.24, 2.45) is 7.05 Å². The number of nitrogens with one attached hydrogen (secondary N) is 2. The fourth-order valence-corrected chi connectivity index (χ4v) is 3.20. The standard InChI is InChI=1S/C19H25N5O2/c1-23(19(26)16-10-11-18(25)24(2)22-16)12-6-9-15-13-17(21-20-15)14-7-4-3-5-8-14/h3-5,7-8,10-11,15,17,20-21H,6,9,12-13H2,1-2H3. The first-order chi connectivity index (χ1) is 12.5.